The number of aliphatic hydroxyl groups excluding tert-OH is 1. The van der Waals surface area contributed by atoms with Gasteiger partial charge < -0.3 is 15.5 Å². The zero-order valence-corrected chi connectivity index (χ0v) is 19.2. The second kappa shape index (κ2) is 9.45. The molecule has 0 aliphatic carbocycles. The lowest BCUT2D eigenvalue weighted by Gasteiger charge is -2.21. The predicted molar refractivity (Wildman–Crippen MR) is 127 cm³/mol. The van der Waals surface area contributed by atoms with Crippen LogP contribution in [0.15, 0.2) is 36.4 Å². The number of amides is 1. The topological polar surface area (TPSA) is 85.7 Å². The van der Waals surface area contributed by atoms with Gasteiger partial charge in [-0.05, 0) is 72.5 Å². The van der Waals surface area contributed by atoms with Crippen LogP contribution in [0.3, 0.4) is 0 Å². The molecule has 4 rings (SSSR count). The molecule has 1 aliphatic heterocycles. The van der Waals surface area contributed by atoms with Crippen LogP contribution in [0.4, 0.5) is 4.39 Å². The second-order valence-corrected chi connectivity index (χ2v) is 8.98. The molecule has 3 N–H and O–H groups in total. The van der Waals surface area contributed by atoms with Crippen molar-refractivity contribution >= 4 is 16.7 Å². The maximum absolute atomic E-state index is 13.9. The van der Waals surface area contributed by atoms with E-state index in [9.17, 15) is 19.4 Å². The van der Waals surface area contributed by atoms with E-state index in [4.69, 9.17) is 4.98 Å². The van der Waals surface area contributed by atoms with Crippen molar-refractivity contribution in [3.8, 4) is 16.9 Å². The zero-order chi connectivity index (χ0) is 23.7. The highest BCUT2D eigenvalue weighted by molar-refractivity contribution is 6.10. The van der Waals surface area contributed by atoms with Crippen LogP contribution < -0.4 is 5.32 Å². The Morgan fingerprint density at radius 3 is 2.70 bits per heavy atom. The van der Waals surface area contributed by atoms with Crippen LogP contribution in [0.2, 0.25) is 0 Å². The third kappa shape index (κ3) is 4.70. The van der Waals surface area contributed by atoms with E-state index >= 15 is 0 Å². The average Bonchev–Trinajstić information content (AvgIpc) is 3.19. The minimum Gasteiger partial charge on any atom is -0.508 e. The fourth-order valence-corrected chi connectivity index (χ4v) is 4.48. The fourth-order valence-electron chi connectivity index (χ4n) is 4.48. The molecule has 3 aromatic rings. The number of aryl methyl sites for hydroxylation is 1. The first-order valence-corrected chi connectivity index (χ1v) is 11.4. The Morgan fingerprint density at radius 1 is 1.24 bits per heavy atom. The molecule has 0 bridgehead atoms. The number of phenolic OH excluding ortho intramolecular Hbond substituents is 1. The number of hydrogen-bond acceptors (Lipinski definition) is 5. The van der Waals surface area contributed by atoms with Crippen molar-refractivity contribution in [2.24, 2.45) is 0 Å². The lowest BCUT2D eigenvalue weighted by atomic mass is 9.90. The zero-order valence-electron chi connectivity index (χ0n) is 19.2. The number of carbonyl (C=O) groups is 1. The van der Waals surface area contributed by atoms with Crippen molar-refractivity contribution in [2.45, 2.75) is 45.8 Å². The van der Waals surface area contributed by atoms with Crippen molar-refractivity contribution < 1.29 is 19.4 Å². The number of aromatic nitrogens is 1. The second-order valence-electron chi connectivity index (χ2n) is 8.98. The largest absolute Gasteiger partial charge is 0.508 e. The molecule has 174 valence electrons. The number of benzene rings is 2. The van der Waals surface area contributed by atoms with E-state index in [1.54, 1.807) is 37.3 Å². The van der Waals surface area contributed by atoms with E-state index in [0.29, 0.717) is 24.0 Å². The van der Waals surface area contributed by atoms with Gasteiger partial charge in [0, 0.05) is 30.6 Å². The van der Waals surface area contributed by atoms with E-state index in [2.05, 4.69) is 5.32 Å². The van der Waals surface area contributed by atoms with Gasteiger partial charge in [-0.1, -0.05) is 19.9 Å². The molecule has 33 heavy (non-hydrogen) atoms. The molecule has 1 saturated heterocycles. The number of halogens is 1. The smallest absolute Gasteiger partial charge is 0.270 e. The van der Waals surface area contributed by atoms with Gasteiger partial charge in [-0.15, -0.1) is 0 Å². The van der Waals surface area contributed by atoms with Crippen LogP contribution in [0, 0.1) is 12.7 Å². The molecular weight excluding hydrogens is 421 g/mol. The number of fused-ring (bicyclic) bond motifs is 1. The summed E-state index contributed by atoms with van der Waals surface area (Å²) in [5.74, 6) is -0.561. The number of nitrogens with zero attached hydrogens (tertiary/aromatic N) is 2. The van der Waals surface area contributed by atoms with E-state index in [0.717, 1.165) is 41.6 Å². The van der Waals surface area contributed by atoms with E-state index in [1.807, 2.05) is 18.7 Å². The van der Waals surface area contributed by atoms with Crippen molar-refractivity contribution in [3.63, 3.8) is 0 Å². The van der Waals surface area contributed by atoms with Crippen LogP contribution in [0.5, 0.6) is 5.75 Å². The van der Waals surface area contributed by atoms with Gasteiger partial charge in [0.15, 0.2) is 0 Å². The van der Waals surface area contributed by atoms with E-state index in [1.165, 1.54) is 6.07 Å². The molecule has 1 fully saturated rings. The number of hydrogen-bond donors (Lipinski definition) is 3. The highest BCUT2D eigenvalue weighted by atomic mass is 19.1. The summed E-state index contributed by atoms with van der Waals surface area (Å²) < 4.78 is 13.9. The third-order valence-electron chi connectivity index (χ3n) is 6.24. The molecule has 0 spiro atoms. The Morgan fingerprint density at radius 2 is 2.03 bits per heavy atom. The summed E-state index contributed by atoms with van der Waals surface area (Å²) in [7, 11) is 0. The monoisotopic (exact) mass is 451 g/mol. The van der Waals surface area contributed by atoms with E-state index in [-0.39, 0.29) is 29.1 Å². The van der Waals surface area contributed by atoms with Gasteiger partial charge in [0.2, 0.25) is 0 Å². The van der Waals surface area contributed by atoms with Gasteiger partial charge in [-0.25, -0.2) is 9.37 Å². The minimum absolute atomic E-state index is 0.00913. The van der Waals surface area contributed by atoms with Crippen LogP contribution >= 0.6 is 0 Å². The Balaban J connectivity index is 1.76. The Labute approximate surface area is 193 Å². The minimum atomic E-state index is -0.455. The van der Waals surface area contributed by atoms with Gasteiger partial charge >= 0.3 is 0 Å². The number of nitrogens with one attached hydrogen (secondary N) is 1. The standard InChI is InChI=1S/C26H30FN3O3/c1-15(2)24-23(17-6-9-21(27)16(3)13-17)19-8-7-18(31)14-20(19)25(29-24)26(33)28-10-12-30-11-4-5-22(30)32/h6-9,13-15,22,31-32H,4-5,10-12H2,1-3H3,(H,28,33). The highest BCUT2D eigenvalue weighted by Crippen LogP contribution is 2.38. The summed E-state index contributed by atoms with van der Waals surface area (Å²) in [6.07, 6.45) is 1.24. The van der Waals surface area contributed by atoms with Crippen molar-refractivity contribution in [2.75, 3.05) is 19.6 Å². The summed E-state index contributed by atoms with van der Waals surface area (Å²) in [5.41, 5.74) is 3.16. The number of likely N-dealkylation sites (tertiary alicyclic amines) is 1. The van der Waals surface area contributed by atoms with Crippen LogP contribution in [0.1, 0.15) is 54.4 Å². The molecule has 0 saturated carbocycles. The molecule has 1 atom stereocenters. The number of pyridine rings is 1. The highest BCUT2D eigenvalue weighted by Gasteiger charge is 2.24. The maximum atomic E-state index is 13.9. The summed E-state index contributed by atoms with van der Waals surface area (Å²) in [6, 6.07) is 9.86. The first kappa shape index (κ1) is 23.1. The summed E-state index contributed by atoms with van der Waals surface area (Å²) in [6.45, 7) is 7.48. The van der Waals surface area contributed by atoms with Crippen LogP contribution in [0.25, 0.3) is 21.9 Å². The summed E-state index contributed by atoms with van der Waals surface area (Å²) in [5, 5.41) is 24.4. The van der Waals surface area contributed by atoms with Crippen molar-refractivity contribution in [1.82, 2.24) is 15.2 Å². The molecule has 1 aromatic heterocycles. The quantitative estimate of drug-likeness (QED) is 0.520. The number of phenols is 1. The molecule has 1 amide bonds. The third-order valence-corrected chi connectivity index (χ3v) is 6.24. The van der Waals surface area contributed by atoms with Crippen LogP contribution in [-0.2, 0) is 0 Å². The van der Waals surface area contributed by atoms with Gasteiger partial charge in [0.05, 0.1) is 5.69 Å². The van der Waals surface area contributed by atoms with Gasteiger partial charge in [0.1, 0.15) is 23.5 Å². The number of carbonyl (C=O) groups excluding carboxylic acids is 1. The Kier molecular flexibility index (Phi) is 6.63. The molecule has 1 unspecified atom stereocenters. The first-order chi connectivity index (χ1) is 15.8. The lowest BCUT2D eigenvalue weighted by molar-refractivity contribution is 0.0387. The number of aromatic hydroxyl groups is 1. The first-order valence-electron chi connectivity index (χ1n) is 11.4. The molecule has 2 aromatic carbocycles. The average molecular weight is 452 g/mol. The van der Waals surface area contributed by atoms with E-state index < -0.39 is 6.23 Å². The molecule has 0 radical (unpaired) electrons. The molecule has 1 aliphatic rings. The van der Waals surface area contributed by atoms with Gasteiger partial charge in [-0.2, -0.15) is 0 Å². The van der Waals surface area contributed by atoms with Crippen LogP contribution in [-0.4, -0.2) is 51.9 Å². The van der Waals surface area contributed by atoms with Gasteiger partial charge in [0.25, 0.3) is 5.91 Å². The Hall–Kier alpha value is -3.03. The van der Waals surface area contributed by atoms with Gasteiger partial charge in [-0.3, -0.25) is 9.69 Å². The number of aliphatic hydroxyl groups is 1. The normalized spacial score (nSPS) is 16.6. The lowest BCUT2D eigenvalue weighted by Crippen LogP contribution is -2.37. The summed E-state index contributed by atoms with van der Waals surface area (Å²) in [4.78, 5) is 19.9. The van der Waals surface area contributed by atoms with Crippen molar-refractivity contribution in [3.05, 3.63) is 59.2 Å². The molecular formula is C26H30FN3O3. The molecule has 2 heterocycles. The van der Waals surface area contributed by atoms with Crippen molar-refractivity contribution in [1.29, 1.82) is 0 Å². The predicted octanol–water partition coefficient (Wildman–Crippen LogP) is 4.32. The maximum Gasteiger partial charge on any atom is 0.270 e. The Bertz CT molecular complexity index is 1200. The molecule has 6 nitrogen and oxygen atoms in total. The summed E-state index contributed by atoms with van der Waals surface area (Å²) >= 11 is 0. The fraction of sp³-hybridized carbons (Fsp3) is 0.385. The SMILES string of the molecule is Cc1cc(-c2c(C(C)C)nc(C(=O)NCCN3CCCC3O)c3cc(O)ccc23)ccc1F. The number of rotatable bonds is 6. The molecule has 7 heteroatoms.